The van der Waals surface area contributed by atoms with Crippen molar-refractivity contribution in [3.05, 3.63) is 119 Å². The van der Waals surface area contributed by atoms with E-state index in [9.17, 15) is 0 Å². The lowest BCUT2D eigenvalue weighted by Crippen LogP contribution is -2.17. The van der Waals surface area contributed by atoms with Crippen molar-refractivity contribution >= 4 is 77.5 Å². The summed E-state index contributed by atoms with van der Waals surface area (Å²) < 4.78 is 9.39. The number of benzene rings is 5. The molecule has 192 valence electrons. The SMILES string of the molecule is Cc1ccccc1-n1c(N(c2ccc3oc4ccc(Br)cc4c3c2)c2nc3ccccc3[nH]2)nc2ccccc21. The maximum absolute atomic E-state index is 6.17. The molecule has 0 unspecified atom stereocenters. The number of para-hydroxylation sites is 5. The number of furan rings is 1. The van der Waals surface area contributed by atoms with Crippen LogP contribution in [0.2, 0.25) is 0 Å². The Morgan fingerprint density at radius 2 is 1.48 bits per heavy atom. The Morgan fingerprint density at radius 1 is 0.750 bits per heavy atom. The molecule has 0 aliphatic heterocycles. The van der Waals surface area contributed by atoms with E-state index in [1.54, 1.807) is 0 Å². The normalized spacial score (nSPS) is 11.8. The Morgan fingerprint density at radius 3 is 2.33 bits per heavy atom. The van der Waals surface area contributed by atoms with Gasteiger partial charge >= 0.3 is 0 Å². The molecule has 0 radical (unpaired) electrons. The van der Waals surface area contributed by atoms with Crippen molar-refractivity contribution < 1.29 is 4.42 Å². The molecule has 8 rings (SSSR count). The molecule has 0 saturated heterocycles. The van der Waals surface area contributed by atoms with E-state index in [0.29, 0.717) is 5.95 Å². The number of anilines is 3. The third-order valence-corrected chi connectivity index (χ3v) is 7.85. The first-order valence-electron chi connectivity index (χ1n) is 13.0. The number of aromatic nitrogens is 4. The van der Waals surface area contributed by atoms with Crippen LogP contribution in [0.25, 0.3) is 49.7 Å². The third-order valence-electron chi connectivity index (χ3n) is 7.36. The first-order valence-corrected chi connectivity index (χ1v) is 13.8. The van der Waals surface area contributed by atoms with Crippen LogP contribution in [-0.2, 0) is 0 Å². The number of imidazole rings is 2. The van der Waals surface area contributed by atoms with Crippen LogP contribution >= 0.6 is 15.9 Å². The molecule has 0 aliphatic carbocycles. The van der Waals surface area contributed by atoms with Crippen molar-refractivity contribution in [3.63, 3.8) is 0 Å². The van der Waals surface area contributed by atoms with Gasteiger partial charge in [-0.2, -0.15) is 0 Å². The van der Waals surface area contributed by atoms with Gasteiger partial charge in [0.2, 0.25) is 11.9 Å². The van der Waals surface area contributed by atoms with Gasteiger partial charge in [0.05, 0.1) is 33.4 Å². The fourth-order valence-corrected chi connectivity index (χ4v) is 5.83. The van der Waals surface area contributed by atoms with Gasteiger partial charge in [-0.25, -0.2) is 14.9 Å². The van der Waals surface area contributed by atoms with Gasteiger partial charge in [0.1, 0.15) is 11.2 Å². The van der Waals surface area contributed by atoms with Crippen LogP contribution in [0.15, 0.2) is 118 Å². The molecule has 8 aromatic rings. The quantitative estimate of drug-likeness (QED) is 0.224. The van der Waals surface area contributed by atoms with Gasteiger partial charge < -0.3 is 9.40 Å². The van der Waals surface area contributed by atoms with E-state index in [2.05, 4.69) is 98.0 Å². The van der Waals surface area contributed by atoms with Crippen molar-refractivity contribution in [2.24, 2.45) is 0 Å². The van der Waals surface area contributed by atoms with Gasteiger partial charge in [0, 0.05) is 15.2 Å². The van der Waals surface area contributed by atoms with Crippen LogP contribution in [0.1, 0.15) is 5.56 Å². The minimum atomic E-state index is 0.680. The lowest BCUT2D eigenvalue weighted by Gasteiger charge is -2.23. The first kappa shape index (κ1) is 23.0. The predicted molar refractivity (Wildman–Crippen MR) is 165 cm³/mol. The summed E-state index contributed by atoms with van der Waals surface area (Å²) in [6, 6.07) is 37.0. The summed E-state index contributed by atoms with van der Waals surface area (Å²) in [5, 5.41) is 2.07. The third kappa shape index (κ3) is 3.55. The molecule has 0 spiro atoms. The van der Waals surface area contributed by atoms with Crippen LogP contribution in [0.3, 0.4) is 0 Å². The van der Waals surface area contributed by atoms with E-state index in [1.165, 1.54) is 0 Å². The van der Waals surface area contributed by atoms with Crippen molar-refractivity contribution in [2.75, 3.05) is 4.90 Å². The summed E-state index contributed by atoms with van der Waals surface area (Å²) in [7, 11) is 0. The molecular weight excluding hydrogens is 562 g/mol. The summed E-state index contributed by atoms with van der Waals surface area (Å²) in [5.74, 6) is 1.42. The molecule has 0 fully saturated rings. The lowest BCUT2D eigenvalue weighted by molar-refractivity contribution is 0.669. The number of H-pyrrole nitrogens is 1. The summed E-state index contributed by atoms with van der Waals surface area (Å²) in [6.45, 7) is 2.13. The number of hydrogen-bond acceptors (Lipinski definition) is 4. The molecular formula is C33H22BrN5O. The Bertz CT molecular complexity index is 2190. The van der Waals surface area contributed by atoms with E-state index in [-0.39, 0.29) is 0 Å². The molecule has 0 bridgehead atoms. The Labute approximate surface area is 237 Å². The Kier molecular flexibility index (Phi) is 5.09. The van der Waals surface area contributed by atoms with E-state index in [4.69, 9.17) is 14.4 Å². The van der Waals surface area contributed by atoms with Gasteiger partial charge in [-0.15, -0.1) is 0 Å². The molecule has 1 N–H and O–H groups in total. The monoisotopic (exact) mass is 583 g/mol. The molecule has 0 saturated carbocycles. The van der Waals surface area contributed by atoms with Gasteiger partial charge in [-0.05, 0) is 79.2 Å². The largest absolute Gasteiger partial charge is 0.456 e. The minimum absolute atomic E-state index is 0.680. The lowest BCUT2D eigenvalue weighted by atomic mass is 10.1. The van der Waals surface area contributed by atoms with Gasteiger partial charge in [-0.3, -0.25) is 4.57 Å². The highest BCUT2D eigenvalue weighted by Crippen LogP contribution is 2.40. The average Bonchev–Trinajstić information content (AvgIpc) is 3.67. The first-order chi connectivity index (χ1) is 19.6. The smallest absolute Gasteiger partial charge is 0.222 e. The van der Waals surface area contributed by atoms with Crippen LogP contribution < -0.4 is 4.90 Å². The van der Waals surface area contributed by atoms with Crippen molar-refractivity contribution in [1.82, 2.24) is 19.5 Å². The molecule has 0 aliphatic rings. The van der Waals surface area contributed by atoms with Gasteiger partial charge in [0.15, 0.2) is 0 Å². The highest BCUT2D eigenvalue weighted by Gasteiger charge is 2.25. The molecule has 3 heterocycles. The van der Waals surface area contributed by atoms with Crippen molar-refractivity contribution in [2.45, 2.75) is 6.92 Å². The molecule has 0 atom stereocenters. The summed E-state index contributed by atoms with van der Waals surface area (Å²) in [4.78, 5) is 15.9. The van der Waals surface area contributed by atoms with Crippen LogP contribution in [0.4, 0.5) is 17.6 Å². The number of aromatic amines is 1. The fraction of sp³-hybridized carbons (Fsp3) is 0.0303. The van der Waals surface area contributed by atoms with E-state index >= 15 is 0 Å². The van der Waals surface area contributed by atoms with Crippen molar-refractivity contribution in [3.8, 4) is 5.69 Å². The molecule has 5 aromatic carbocycles. The van der Waals surface area contributed by atoms with Gasteiger partial charge in [0.25, 0.3) is 0 Å². The summed E-state index contributed by atoms with van der Waals surface area (Å²) in [6.07, 6.45) is 0. The van der Waals surface area contributed by atoms with Crippen LogP contribution in [-0.4, -0.2) is 19.5 Å². The second-order valence-corrected chi connectivity index (χ2v) is 10.8. The Hall–Kier alpha value is -4.88. The van der Waals surface area contributed by atoms with Crippen molar-refractivity contribution in [1.29, 1.82) is 0 Å². The molecule has 6 nitrogen and oxygen atoms in total. The zero-order valence-corrected chi connectivity index (χ0v) is 23.1. The zero-order valence-electron chi connectivity index (χ0n) is 21.5. The molecule has 40 heavy (non-hydrogen) atoms. The number of halogens is 1. The average molecular weight is 584 g/mol. The molecule has 3 aromatic heterocycles. The number of nitrogens with zero attached hydrogens (tertiary/aromatic N) is 4. The fourth-order valence-electron chi connectivity index (χ4n) is 5.47. The van der Waals surface area contributed by atoms with E-state index < -0.39 is 0 Å². The molecule has 7 heteroatoms. The number of fused-ring (bicyclic) bond motifs is 5. The predicted octanol–water partition coefficient (Wildman–Crippen LogP) is 9.34. The topological polar surface area (TPSA) is 62.9 Å². The summed E-state index contributed by atoms with van der Waals surface area (Å²) >= 11 is 3.62. The number of rotatable bonds is 4. The minimum Gasteiger partial charge on any atom is -0.456 e. The van der Waals surface area contributed by atoms with Crippen LogP contribution in [0.5, 0.6) is 0 Å². The Balaban J connectivity index is 1.46. The van der Waals surface area contributed by atoms with E-state index in [1.807, 2.05) is 48.5 Å². The maximum Gasteiger partial charge on any atom is 0.222 e. The van der Waals surface area contributed by atoms with Crippen LogP contribution in [0, 0.1) is 6.92 Å². The second kappa shape index (κ2) is 8.83. The molecule has 0 amide bonds. The second-order valence-electron chi connectivity index (χ2n) is 9.86. The number of hydrogen-bond donors (Lipinski definition) is 1. The van der Waals surface area contributed by atoms with Gasteiger partial charge in [-0.1, -0.05) is 58.4 Å². The highest BCUT2D eigenvalue weighted by molar-refractivity contribution is 9.10. The number of nitrogens with one attached hydrogen (secondary N) is 1. The zero-order chi connectivity index (χ0) is 26.8. The summed E-state index contributed by atoms with van der Waals surface area (Å²) in [5.41, 5.74) is 8.57. The van der Waals surface area contributed by atoms with E-state index in [0.717, 1.165) is 71.4 Å². The highest BCUT2D eigenvalue weighted by atomic mass is 79.9. The number of aryl methyl sites for hydroxylation is 1. The standard InChI is InChI=1S/C33H22BrN5O/c1-20-8-2-6-12-28(20)39-29-13-7-5-11-27(29)37-33(39)38(32-35-25-9-3-4-10-26(25)36-32)22-15-17-31-24(19-22)23-18-21(34)14-16-30(23)40-31/h2-19H,1H3,(H,35,36). The maximum atomic E-state index is 6.17.